The highest BCUT2D eigenvalue weighted by Gasteiger charge is 2.31. The molecule has 0 aromatic carbocycles. The third-order valence-corrected chi connectivity index (χ3v) is 3.82. The molecular formula is C14H26N2O3. The molecule has 5 nitrogen and oxygen atoms in total. The fourth-order valence-electron chi connectivity index (χ4n) is 2.53. The maximum absolute atomic E-state index is 11.7. The number of rotatable bonds is 6. The van der Waals surface area contributed by atoms with Gasteiger partial charge in [0.15, 0.2) is 0 Å². The topological polar surface area (TPSA) is 78.4 Å². The summed E-state index contributed by atoms with van der Waals surface area (Å²) < 4.78 is 0. The number of amides is 2. The second-order valence-corrected chi connectivity index (χ2v) is 6.39. The molecule has 0 spiro atoms. The summed E-state index contributed by atoms with van der Waals surface area (Å²) in [7, 11) is 0. The average Bonchev–Trinajstić information content (AvgIpc) is 2.63. The van der Waals surface area contributed by atoms with E-state index in [9.17, 15) is 9.59 Å². The number of aliphatic carboxylic acids is 1. The average molecular weight is 270 g/mol. The summed E-state index contributed by atoms with van der Waals surface area (Å²) in [5.74, 6) is -1.13. The Balaban J connectivity index is 2.10. The summed E-state index contributed by atoms with van der Waals surface area (Å²) in [6, 6.07) is 0.138. The molecule has 2 atom stereocenters. The van der Waals surface area contributed by atoms with Gasteiger partial charge in [-0.2, -0.15) is 0 Å². The zero-order valence-electron chi connectivity index (χ0n) is 12.2. The van der Waals surface area contributed by atoms with Crippen molar-refractivity contribution in [3.63, 3.8) is 0 Å². The van der Waals surface area contributed by atoms with Crippen LogP contribution in [0.5, 0.6) is 0 Å². The van der Waals surface area contributed by atoms with Crippen LogP contribution in [-0.2, 0) is 4.79 Å². The van der Waals surface area contributed by atoms with E-state index in [4.69, 9.17) is 5.11 Å². The highest BCUT2D eigenvalue weighted by Crippen LogP contribution is 2.36. The van der Waals surface area contributed by atoms with E-state index >= 15 is 0 Å². The van der Waals surface area contributed by atoms with Gasteiger partial charge in [0, 0.05) is 12.6 Å². The van der Waals surface area contributed by atoms with Crippen molar-refractivity contribution in [1.82, 2.24) is 10.6 Å². The van der Waals surface area contributed by atoms with Gasteiger partial charge >= 0.3 is 12.0 Å². The monoisotopic (exact) mass is 270 g/mol. The number of carboxylic acid groups (broad SMARTS) is 1. The quantitative estimate of drug-likeness (QED) is 0.648. The van der Waals surface area contributed by atoms with Crippen LogP contribution < -0.4 is 10.6 Å². The van der Waals surface area contributed by atoms with E-state index in [2.05, 4.69) is 24.5 Å². The van der Waals surface area contributed by atoms with Crippen LogP contribution in [-0.4, -0.2) is 29.7 Å². The van der Waals surface area contributed by atoms with Gasteiger partial charge in [-0.05, 0) is 37.5 Å². The van der Waals surface area contributed by atoms with Crippen molar-refractivity contribution in [2.24, 2.45) is 11.3 Å². The maximum atomic E-state index is 11.7. The van der Waals surface area contributed by atoms with Crippen LogP contribution in [0.15, 0.2) is 0 Å². The van der Waals surface area contributed by atoms with E-state index in [1.165, 1.54) is 0 Å². The largest absolute Gasteiger partial charge is 0.481 e. The van der Waals surface area contributed by atoms with Crippen molar-refractivity contribution in [3.8, 4) is 0 Å². The summed E-state index contributed by atoms with van der Waals surface area (Å²) in [5, 5.41) is 14.5. The molecule has 2 unspecified atom stereocenters. The molecule has 0 aromatic heterocycles. The molecule has 1 aliphatic carbocycles. The predicted octanol–water partition coefficient (Wildman–Crippen LogP) is 2.37. The first-order valence-electron chi connectivity index (χ1n) is 7.07. The summed E-state index contributed by atoms with van der Waals surface area (Å²) in [6.45, 7) is 6.66. The molecule has 3 N–H and O–H groups in total. The fourth-order valence-corrected chi connectivity index (χ4v) is 2.53. The Morgan fingerprint density at radius 1 is 1.42 bits per heavy atom. The Kier molecular flexibility index (Phi) is 5.63. The number of urea groups is 1. The number of hydrogen-bond acceptors (Lipinski definition) is 2. The Morgan fingerprint density at radius 2 is 2.11 bits per heavy atom. The van der Waals surface area contributed by atoms with Crippen molar-refractivity contribution < 1.29 is 14.7 Å². The van der Waals surface area contributed by atoms with Crippen molar-refractivity contribution in [2.75, 3.05) is 6.54 Å². The van der Waals surface area contributed by atoms with E-state index in [1.807, 2.05) is 0 Å². The van der Waals surface area contributed by atoms with Gasteiger partial charge in [-0.3, -0.25) is 4.79 Å². The molecule has 1 fully saturated rings. The standard InChI is InChI=1S/C14H26N2O3/c1-10(12(17)18)5-4-8-15-13(19)16-11-6-7-14(2,3)9-11/h10-11H,4-9H2,1-3H3,(H,17,18)(H2,15,16,19). The zero-order valence-corrected chi connectivity index (χ0v) is 12.2. The van der Waals surface area contributed by atoms with Gasteiger partial charge in [-0.1, -0.05) is 20.8 Å². The summed E-state index contributed by atoms with van der Waals surface area (Å²) in [4.78, 5) is 22.3. The van der Waals surface area contributed by atoms with E-state index in [0.29, 0.717) is 24.8 Å². The number of carbonyl (C=O) groups excluding carboxylic acids is 1. The number of carbonyl (C=O) groups is 2. The van der Waals surface area contributed by atoms with Crippen LogP contribution >= 0.6 is 0 Å². The van der Waals surface area contributed by atoms with Crippen LogP contribution in [0.1, 0.15) is 52.9 Å². The second kappa shape index (κ2) is 6.78. The van der Waals surface area contributed by atoms with E-state index in [1.54, 1.807) is 6.92 Å². The lowest BCUT2D eigenvalue weighted by atomic mass is 9.92. The minimum Gasteiger partial charge on any atom is -0.481 e. The van der Waals surface area contributed by atoms with Crippen LogP contribution in [0.4, 0.5) is 4.79 Å². The van der Waals surface area contributed by atoms with E-state index in [0.717, 1.165) is 19.3 Å². The first-order valence-corrected chi connectivity index (χ1v) is 7.07. The maximum Gasteiger partial charge on any atom is 0.315 e. The zero-order chi connectivity index (χ0) is 14.5. The molecule has 0 bridgehead atoms. The van der Waals surface area contributed by atoms with Gasteiger partial charge in [-0.15, -0.1) is 0 Å². The number of carboxylic acids is 1. The molecule has 1 rings (SSSR count). The normalized spacial score (nSPS) is 22.8. The molecule has 0 aromatic rings. The lowest BCUT2D eigenvalue weighted by Crippen LogP contribution is -2.41. The molecule has 1 saturated carbocycles. The summed E-state index contributed by atoms with van der Waals surface area (Å²) >= 11 is 0. The smallest absolute Gasteiger partial charge is 0.315 e. The fraction of sp³-hybridized carbons (Fsp3) is 0.857. The predicted molar refractivity (Wildman–Crippen MR) is 74.0 cm³/mol. The molecule has 5 heteroatoms. The molecule has 19 heavy (non-hydrogen) atoms. The molecule has 110 valence electrons. The summed E-state index contributed by atoms with van der Waals surface area (Å²) in [6.07, 6.45) is 4.49. The van der Waals surface area contributed by atoms with Crippen molar-refractivity contribution in [2.45, 2.75) is 58.9 Å². The molecule has 0 radical (unpaired) electrons. The third-order valence-electron chi connectivity index (χ3n) is 3.82. The van der Waals surface area contributed by atoms with Gasteiger partial charge in [0.25, 0.3) is 0 Å². The van der Waals surface area contributed by atoms with Crippen LogP contribution in [0.2, 0.25) is 0 Å². The van der Waals surface area contributed by atoms with Crippen molar-refractivity contribution in [1.29, 1.82) is 0 Å². The van der Waals surface area contributed by atoms with Crippen LogP contribution in [0.3, 0.4) is 0 Å². The Labute approximate surface area is 115 Å². The lowest BCUT2D eigenvalue weighted by Gasteiger charge is -2.18. The number of hydrogen-bond donors (Lipinski definition) is 3. The highest BCUT2D eigenvalue weighted by molar-refractivity contribution is 5.74. The molecule has 0 heterocycles. The van der Waals surface area contributed by atoms with Gasteiger partial charge in [0.1, 0.15) is 0 Å². The van der Waals surface area contributed by atoms with Gasteiger partial charge in [-0.25, -0.2) is 4.79 Å². The SMILES string of the molecule is CC(CCCNC(=O)NC1CCC(C)(C)C1)C(=O)O. The molecule has 1 aliphatic rings. The Bertz CT molecular complexity index is 329. The van der Waals surface area contributed by atoms with E-state index < -0.39 is 5.97 Å². The Hall–Kier alpha value is -1.26. The third kappa shape index (κ3) is 5.94. The molecular weight excluding hydrogens is 244 g/mol. The Morgan fingerprint density at radius 3 is 2.63 bits per heavy atom. The summed E-state index contributed by atoms with van der Waals surface area (Å²) in [5.41, 5.74) is 0.328. The van der Waals surface area contributed by atoms with Crippen molar-refractivity contribution >= 4 is 12.0 Å². The molecule has 2 amide bonds. The highest BCUT2D eigenvalue weighted by atomic mass is 16.4. The van der Waals surface area contributed by atoms with E-state index in [-0.39, 0.29) is 18.0 Å². The van der Waals surface area contributed by atoms with Crippen LogP contribution in [0.25, 0.3) is 0 Å². The minimum absolute atomic E-state index is 0.134. The molecule has 0 aliphatic heterocycles. The van der Waals surface area contributed by atoms with Gasteiger partial charge in [0.2, 0.25) is 0 Å². The second-order valence-electron chi connectivity index (χ2n) is 6.39. The first kappa shape index (κ1) is 15.8. The number of nitrogens with one attached hydrogen (secondary N) is 2. The van der Waals surface area contributed by atoms with Crippen molar-refractivity contribution in [3.05, 3.63) is 0 Å². The molecule has 0 saturated heterocycles. The van der Waals surface area contributed by atoms with Crippen LogP contribution in [0, 0.1) is 11.3 Å². The lowest BCUT2D eigenvalue weighted by molar-refractivity contribution is -0.141. The minimum atomic E-state index is -0.780. The van der Waals surface area contributed by atoms with Gasteiger partial charge in [0.05, 0.1) is 5.92 Å². The van der Waals surface area contributed by atoms with Gasteiger partial charge < -0.3 is 15.7 Å². The first-order chi connectivity index (χ1) is 8.80.